The molecule has 7 nitrogen and oxygen atoms in total. The first-order valence-corrected chi connectivity index (χ1v) is 7.31. The summed E-state index contributed by atoms with van der Waals surface area (Å²) in [5, 5.41) is 2.80. The Hall–Kier alpha value is -2.54. The van der Waals surface area contributed by atoms with E-state index in [0.717, 1.165) is 17.1 Å². The van der Waals surface area contributed by atoms with E-state index in [9.17, 15) is 4.79 Å². The van der Waals surface area contributed by atoms with E-state index in [1.54, 1.807) is 14.2 Å². The number of carbonyl (C=O) groups excluding carboxylic acids is 1. The van der Waals surface area contributed by atoms with Gasteiger partial charge in [0, 0.05) is 19.5 Å². The van der Waals surface area contributed by atoms with Crippen molar-refractivity contribution in [3.05, 3.63) is 41.6 Å². The third-order valence-corrected chi connectivity index (χ3v) is 3.31. The molecule has 3 N–H and O–H groups in total. The first kappa shape index (κ1) is 16.8. The fourth-order valence-corrected chi connectivity index (χ4v) is 2.13. The Morgan fingerprint density at radius 1 is 1.30 bits per heavy atom. The van der Waals surface area contributed by atoms with E-state index in [0.29, 0.717) is 31.8 Å². The van der Waals surface area contributed by atoms with Crippen molar-refractivity contribution < 1.29 is 18.7 Å². The van der Waals surface area contributed by atoms with Gasteiger partial charge in [0.25, 0.3) is 5.91 Å². The van der Waals surface area contributed by atoms with Gasteiger partial charge >= 0.3 is 0 Å². The summed E-state index contributed by atoms with van der Waals surface area (Å²) in [5.41, 5.74) is 6.63. The number of hydrogen-bond donors (Lipinski definition) is 2. The lowest BCUT2D eigenvalue weighted by atomic mass is 10.1. The average molecular weight is 319 g/mol. The van der Waals surface area contributed by atoms with Crippen LogP contribution in [0.25, 0.3) is 0 Å². The molecule has 0 saturated heterocycles. The zero-order valence-corrected chi connectivity index (χ0v) is 13.3. The summed E-state index contributed by atoms with van der Waals surface area (Å²) in [5.74, 6) is 1.69. The maximum Gasteiger partial charge on any atom is 0.273 e. The predicted octanol–water partition coefficient (Wildman–Crippen LogP) is 1.17. The second-order valence-electron chi connectivity index (χ2n) is 4.85. The fourth-order valence-electron chi connectivity index (χ4n) is 2.13. The molecule has 1 amide bonds. The summed E-state index contributed by atoms with van der Waals surface area (Å²) in [4.78, 5) is 16.1. The highest BCUT2D eigenvalue weighted by molar-refractivity contribution is 5.91. The highest BCUT2D eigenvalue weighted by Crippen LogP contribution is 2.24. The molecule has 1 aromatic heterocycles. The second-order valence-corrected chi connectivity index (χ2v) is 4.85. The molecule has 0 aliphatic carbocycles. The van der Waals surface area contributed by atoms with Gasteiger partial charge in [0.1, 0.15) is 17.8 Å². The molecule has 1 aromatic carbocycles. The smallest absolute Gasteiger partial charge is 0.273 e. The minimum Gasteiger partial charge on any atom is -0.497 e. The van der Waals surface area contributed by atoms with E-state index in [-0.39, 0.29) is 11.6 Å². The number of rotatable bonds is 8. The van der Waals surface area contributed by atoms with Crippen LogP contribution in [0.5, 0.6) is 11.5 Å². The SMILES string of the molecule is COc1ccc(OC)c(CCNC(=O)c2coc(CCN)n2)c1. The number of benzene rings is 1. The first-order valence-electron chi connectivity index (χ1n) is 7.31. The monoisotopic (exact) mass is 319 g/mol. The molecule has 7 heteroatoms. The van der Waals surface area contributed by atoms with Crippen molar-refractivity contribution in [2.75, 3.05) is 27.3 Å². The van der Waals surface area contributed by atoms with Crippen LogP contribution in [0.2, 0.25) is 0 Å². The average Bonchev–Trinajstić information content (AvgIpc) is 3.03. The molecule has 0 saturated carbocycles. The van der Waals surface area contributed by atoms with Crippen molar-refractivity contribution in [2.45, 2.75) is 12.8 Å². The Morgan fingerprint density at radius 3 is 2.83 bits per heavy atom. The van der Waals surface area contributed by atoms with Gasteiger partial charge in [-0.2, -0.15) is 0 Å². The third-order valence-electron chi connectivity index (χ3n) is 3.31. The summed E-state index contributed by atoms with van der Waals surface area (Å²) in [7, 11) is 3.22. The minimum atomic E-state index is -0.279. The number of aromatic nitrogens is 1. The van der Waals surface area contributed by atoms with E-state index in [2.05, 4.69) is 10.3 Å². The molecule has 0 radical (unpaired) electrons. The molecule has 0 bridgehead atoms. The normalized spacial score (nSPS) is 10.4. The molecule has 0 aliphatic rings. The van der Waals surface area contributed by atoms with Crippen molar-refractivity contribution in [3.8, 4) is 11.5 Å². The van der Waals surface area contributed by atoms with E-state index in [1.165, 1.54) is 6.26 Å². The summed E-state index contributed by atoms with van der Waals surface area (Å²) >= 11 is 0. The molecule has 124 valence electrons. The summed E-state index contributed by atoms with van der Waals surface area (Å²) in [6.45, 7) is 0.874. The summed E-state index contributed by atoms with van der Waals surface area (Å²) < 4.78 is 15.7. The van der Waals surface area contributed by atoms with Crippen molar-refractivity contribution in [3.63, 3.8) is 0 Å². The van der Waals surface area contributed by atoms with Crippen LogP contribution in [0, 0.1) is 0 Å². The lowest BCUT2D eigenvalue weighted by Gasteiger charge is -2.10. The maximum absolute atomic E-state index is 12.0. The number of nitrogens with two attached hydrogens (primary N) is 1. The predicted molar refractivity (Wildman–Crippen MR) is 84.8 cm³/mol. The Bertz CT molecular complexity index is 655. The summed E-state index contributed by atoms with van der Waals surface area (Å²) in [6.07, 6.45) is 2.46. The zero-order valence-electron chi connectivity index (χ0n) is 13.3. The number of carbonyl (C=O) groups is 1. The van der Waals surface area contributed by atoms with E-state index < -0.39 is 0 Å². The number of methoxy groups -OCH3 is 2. The molecular weight excluding hydrogens is 298 g/mol. The molecule has 0 spiro atoms. The van der Waals surface area contributed by atoms with Crippen LogP contribution in [-0.4, -0.2) is 38.2 Å². The minimum absolute atomic E-state index is 0.256. The molecule has 0 atom stereocenters. The zero-order chi connectivity index (χ0) is 16.7. The number of nitrogens with zero attached hydrogens (tertiary/aromatic N) is 1. The lowest BCUT2D eigenvalue weighted by Crippen LogP contribution is -2.26. The standard InChI is InChI=1S/C16H21N3O4/c1-21-12-3-4-14(22-2)11(9-12)6-8-18-16(20)13-10-23-15(19-13)5-7-17/h3-4,9-10H,5-8,17H2,1-2H3,(H,18,20). The van der Waals surface area contributed by atoms with Crippen molar-refractivity contribution in [2.24, 2.45) is 5.73 Å². The van der Waals surface area contributed by atoms with E-state index in [4.69, 9.17) is 19.6 Å². The number of ether oxygens (including phenoxy) is 2. The second kappa shape index (κ2) is 8.19. The lowest BCUT2D eigenvalue weighted by molar-refractivity contribution is 0.0949. The summed E-state index contributed by atoms with van der Waals surface area (Å²) in [6, 6.07) is 5.56. The number of amides is 1. The molecule has 2 rings (SSSR count). The van der Waals surface area contributed by atoms with Crippen molar-refractivity contribution in [1.82, 2.24) is 10.3 Å². The van der Waals surface area contributed by atoms with Crippen LogP contribution in [0.4, 0.5) is 0 Å². The van der Waals surface area contributed by atoms with Crippen LogP contribution in [0.3, 0.4) is 0 Å². The van der Waals surface area contributed by atoms with Crippen LogP contribution in [0.1, 0.15) is 21.9 Å². The van der Waals surface area contributed by atoms with Gasteiger partial charge < -0.3 is 24.9 Å². The van der Waals surface area contributed by atoms with Gasteiger partial charge in [0.15, 0.2) is 11.6 Å². The molecular formula is C16H21N3O4. The molecule has 23 heavy (non-hydrogen) atoms. The van der Waals surface area contributed by atoms with Crippen LogP contribution in [0.15, 0.2) is 28.9 Å². The number of nitrogens with one attached hydrogen (secondary N) is 1. The Labute approximate surface area is 134 Å². The topological polar surface area (TPSA) is 99.6 Å². The first-order chi connectivity index (χ1) is 11.2. The molecule has 2 aromatic rings. The molecule has 1 heterocycles. The maximum atomic E-state index is 12.0. The van der Waals surface area contributed by atoms with Crippen LogP contribution < -0.4 is 20.5 Å². The largest absolute Gasteiger partial charge is 0.497 e. The van der Waals surface area contributed by atoms with Gasteiger partial charge in [0.05, 0.1) is 14.2 Å². The van der Waals surface area contributed by atoms with Gasteiger partial charge in [-0.15, -0.1) is 0 Å². The van der Waals surface area contributed by atoms with Gasteiger partial charge in [-0.3, -0.25) is 4.79 Å². The van der Waals surface area contributed by atoms with Gasteiger partial charge in [0.2, 0.25) is 0 Å². The molecule has 0 aliphatic heterocycles. The number of hydrogen-bond acceptors (Lipinski definition) is 6. The number of oxazole rings is 1. The Balaban J connectivity index is 1.92. The van der Waals surface area contributed by atoms with Crippen molar-refractivity contribution >= 4 is 5.91 Å². The van der Waals surface area contributed by atoms with Crippen LogP contribution in [-0.2, 0) is 12.8 Å². The molecule has 0 unspecified atom stereocenters. The highest BCUT2D eigenvalue weighted by atomic mass is 16.5. The third kappa shape index (κ3) is 4.46. The quantitative estimate of drug-likeness (QED) is 0.757. The van der Waals surface area contributed by atoms with Crippen molar-refractivity contribution in [1.29, 1.82) is 0 Å². The van der Waals surface area contributed by atoms with Gasteiger partial charge in [-0.25, -0.2) is 4.98 Å². The van der Waals surface area contributed by atoms with Crippen LogP contribution >= 0.6 is 0 Å². The Kier molecular flexibility index (Phi) is 5.99. The molecule has 0 fully saturated rings. The van der Waals surface area contributed by atoms with Gasteiger partial charge in [-0.1, -0.05) is 0 Å². The van der Waals surface area contributed by atoms with E-state index >= 15 is 0 Å². The highest BCUT2D eigenvalue weighted by Gasteiger charge is 2.12. The van der Waals surface area contributed by atoms with E-state index in [1.807, 2.05) is 18.2 Å². The van der Waals surface area contributed by atoms with Gasteiger partial charge in [-0.05, 0) is 30.2 Å². The Morgan fingerprint density at radius 2 is 2.13 bits per heavy atom. The fraction of sp³-hybridized carbons (Fsp3) is 0.375.